The van der Waals surface area contributed by atoms with Gasteiger partial charge in [0.05, 0.1) is 27.1 Å². The fourth-order valence-electron chi connectivity index (χ4n) is 2.42. The maximum absolute atomic E-state index is 12.6. The van der Waals surface area contributed by atoms with Crippen molar-refractivity contribution < 1.29 is 9.21 Å². The van der Waals surface area contributed by atoms with Gasteiger partial charge in [-0.15, -0.1) is 16.8 Å². The molecule has 3 aromatic rings. The zero-order chi connectivity index (χ0) is 20.3. The lowest BCUT2D eigenvalue weighted by Gasteiger charge is -2.13. The van der Waals surface area contributed by atoms with Crippen LogP contribution in [0.4, 0.5) is 5.82 Å². The first-order valence-electron chi connectivity index (χ1n) is 8.27. The number of amides is 1. The van der Waals surface area contributed by atoms with Gasteiger partial charge in [-0.3, -0.25) is 9.36 Å². The fraction of sp³-hybridized carbons (Fsp3) is 0.222. The molecule has 3 aromatic heterocycles. The maximum atomic E-state index is 12.6. The Bertz CT molecular complexity index is 1020. The zero-order valence-corrected chi connectivity index (χ0v) is 17.5. The van der Waals surface area contributed by atoms with Crippen molar-refractivity contribution in [2.45, 2.75) is 30.8 Å². The Labute approximate surface area is 176 Å². The Morgan fingerprint density at radius 1 is 1.46 bits per heavy atom. The number of thioether (sulfide) groups is 1. The number of nitrogens with one attached hydrogen (secondary N) is 1. The summed E-state index contributed by atoms with van der Waals surface area (Å²) in [4.78, 5) is 16.6. The number of nitrogens with zero attached hydrogens (tertiary/aromatic N) is 4. The van der Waals surface area contributed by atoms with E-state index in [4.69, 9.17) is 27.6 Å². The summed E-state index contributed by atoms with van der Waals surface area (Å²) in [5, 5.41) is 12.0. The lowest BCUT2D eigenvalue weighted by atomic mass is 10.2. The Morgan fingerprint density at radius 2 is 2.25 bits per heavy atom. The number of hydrogen-bond acceptors (Lipinski definition) is 6. The molecule has 1 amide bonds. The first kappa shape index (κ1) is 20.4. The van der Waals surface area contributed by atoms with E-state index in [1.807, 2.05) is 17.6 Å². The molecule has 0 bridgehead atoms. The number of hydrogen-bond donors (Lipinski definition) is 1. The van der Waals surface area contributed by atoms with Crippen LogP contribution in [-0.2, 0) is 11.3 Å². The summed E-state index contributed by atoms with van der Waals surface area (Å²) in [7, 11) is 0. The van der Waals surface area contributed by atoms with Gasteiger partial charge in [0.1, 0.15) is 5.76 Å². The molecule has 0 saturated carbocycles. The van der Waals surface area contributed by atoms with Gasteiger partial charge in [-0.1, -0.05) is 41.0 Å². The average molecular weight is 438 g/mol. The molecule has 7 nitrogen and oxygen atoms in total. The fourth-order valence-corrected chi connectivity index (χ4v) is 3.71. The first-order chi connectivity index (χ1) is 13.4. The van der Waals surface area contributed by atoms with Crippen LogP contribution in [0.2, 0.25) is 10.0 Å². The number of allylic oxidation sites excluding steroid dienone is 1. The average Bonchev–Trinajstić information content (AvgIpc) is 3.24. The van der Waals surface area contributed by atoms with Crippen molar-refractivity contribution in [3.63, 3.8) is 0 Å². The van der Waals surface area contributed by atoms with Gasteiger partial charge in [0.2, 0.25) is 5.91 Å². The normalized spacial score (nSPS) is 12.0. The molecule has 0 spiro atoms. The summed E-state index contributed by atoms with van der Waals surface area (Å²) in [6.07, 6.45) is 4.76. The third kappa shape index (κ3) is 4.40. The van der Waals surface area contributed by atoms with Crippen molar-refractivity contribution in [3.8, 4) is 11.4 Å². The molecule has 0 fully saturated rings. The predicted molar refractivity (Wildman–Crippen MR) is 111 cm³/mol. The van der Waals surface area contributed by atoms with Crippen LogP contribution in [0.25, 0.3) is 11.4 Å². The smallest absolute Gasteiger partial charge is 0.238 e. The number of rotatable bonds is 7. The highest BCUT2D eigenvalue weighted by atomic mass is 35.5. The number of carbonyl (C=O) groups is 1. The van der Waals surface area contributed by atoms with E-state index in [0.29, 0.717) is 22.5 Å². The quantitative estimate of drug-likeness (QED) is 0.419. The molecule has 0 aliphatic carbocycles. The van der Waals surface area contributed by atoms with Gasteiger partial charge in [-0.2, -0.15) is 0 Å². The second-order valence-corrected chi connectivity index (χ2v) is 7.98. The molecule has 0 aromatic carbocycles. The molecular weight excluding hydrogens is 421 g/mol. The van der Waals surface area contributed by atoms with Crippen molar-refractivity contribution in [3.05, 3.63) is 53.1 Å². The van der Waals surface area contributed by atoms with E-state index in [-0.39, 0.29) is 16.7 Å². The van der Waals surface area contributed by atoms with Crippen molar-refractivity contribution >= 4 is 46.7 Å². The molecule has 3 rings (SSSR count). The summed E-state index contributed by atoms with van der Waals surface area (Å²) in [5.41, 5.74) is 0.843. The number of aryl methyl sites for hydroxylation is 1. The van der Waals surface area contributed by atoms with Crippen molar-refractivity contribution in [2.24, 2.45) is 0 Å². The van der Waals surface area contributed by atoms with Crippen LogP contribution in [0.5, 0.6) is 0 Å². The highest BCUT2D eigenvalue weighted by molar-refractivity contribution is 8.00. The second-order valence-electron chi connectivity index (χ2n) is 5.83. The van der Waals surface area contributed by atoms with Crippen molar-refractivity contribution in [1.82, 2.24) is 19.7 Å². The second kappa shape index (κ2) is 8.81. The van der Waals surface area contributed by atoms with Gasteiger partial charge in [0, 0.05) is 12.7 Å². The number of pyridine rings is 1. The largest absolute Gasteiger partial charge is 0.469 e. The molecule has 0 radical (unpaired) electrons. The third-order valence-electron chi connectivity index (χ3n) is 3.83. The first-order valence-corrected chi connectivity index (χ1v) is 9.91. The van der Waals surface area contributed by atoms with E-state index >= 15 is 0 Å². The summed E-state index contributed by atoms with van der Waals surface area (Å²) in [6, 6.07) is 3.35. The highest BCUT2D eigenvalue weighted by Crippen LogP contribution is 2.30. The molecule has 3 heterocycles. The SMILES string of the molecule is C=CCn1c(SC(C)C(=O)Nc2ncc(Cl)cc2Cl)nnc1-c1ccoc1C. The maximum Gasteiger partial charge on any atom is 0.238 e. The molecule has 146 valence electrons. The lowest BCUT2D eigenvalue weighted by molar-refractivity contribution is -0.115. The molecular formula is C18H17Cl2N5O2S. The van der Waals surface area contributed by atoms with E-state index in [1.54, 1.807) is 19.3 Å². The minimum Gasteiger partial charge on any atom is -0.469 e. The third-order valence-corrected chi connectivity index (χ3v) is 5.40. The number of aromatic nitrogens is 4. The summed E-state index contributed by atoms with van der Waals surface area (Å²) in [5.74, 6) is 1.38. The zero-order valence-electron chi connectivity index (χ0n) is 15.1. The van der Waals surface area contributed by atoms with Gasteiger partial charge in [0.15, 0.2) is 16.8 Å². The van der Waals surface area contributed by atoms with E-state index in [0.717, 1.165) is 11.3 Å². The lowest BCUT2D eigenvalue weighted by Crippen LogP contribution is -2.23. The topological polar surface area (TPSA) is 85.8 Å². The van der Waals surface area contributed by atoms with Gasteiger partial charge in [-0.05, 0) is 26.0 Å². The predicted octanol–water partition coefficient (Wildman–Crippen LogP) is 4.85. The molecule has 0 aliphatic heterocycles. The van der Waals surface area contributed by atoms with Crippen LogP contribution in [0, 0.1) is 6.92 Å². The van der Waals surface area contributed by atoms with Crippen LogP contribution in [0.1, 0.15) is 12.7 Å². The molecule has 0 saturated heterocycles. The van der Waals surface area contributed by atoms with Gasteiger partial charge in [-0.25, -0.2) is 4.98 Å². The van der Waals surface area contributed by atoms with Gasteiger partial charge >= 0.3 is 0 Å². The summed E-state index contributed by atoms with van der Waals surface area (Å²) < 4.78 is 7.24. The van der Waals surface area contributed by atoms with E-state index in [9.17, 15) is 4.79 Å². The van der Waals surface area contributed by atoms with Crippen LogP contribution in [-0.4, -0.2) is 30.9 Å². The molecule has 1 N–H and O–H groups in total. The molecule has 28 heavy (non-hydrogen) atoms. The van der Waals surface area contributed by atoms with Gasteiger partial charge < -0.3 is 9.73 Å². The van der Waals surface area contributed by atoms with Crippen LogP contribution < -0.4 is 5.32 Å². The molecule has 1 unspecified atom stereocenters. The van der Waals surface area contributed by atoms with Gasteiger partial charge in [0.25, 0.3) is 0 Å². The highest BCUT2D eigenvalue weighted by Gasteiger charge is 2.22. The molecule has 0 aliphatic rings. The van der Waals surface area contributed by atoms with Crippen molar-refractivity contribution in [1.29, 1.82) is 0 Å². The monoisotopic (exact) mass is 437 g/mol. The minimum atomic E-state index is -0.473. The standard InChI is InChI=1S/C18H17Cl2N5O2S/c1-4-6-25-16(13-5-7-27-10(13)2)23-24-18(25)28-11(3)17(26)22-15-14(20)8-12(19)9-21-15/h4-5,7-9,11H,1,6H2,2-3H3,(H,21,22,26). The van der Waals surface area contributed by atoms with Crippen LogP contribution in [0.3, 0.4) is 0 Å². The summed E-state index contributed by atoms with van der Waals surface area (Å²) >= 11 is 13.2. The molecule has 1 atom stereocenters. The van der Waals surface area contributed by atoms with Crippen LogP contribution in [0.15, 0.2) is 46.8 Å². The van der Waals surface area contributed by atoms with E-state index in [1.165, 1.54) is 24.0 Å². The Kier molecular flexibility index (Phi) is 6.43. The summed E-state index contributed by atoms with van der Waals surface area (Å²) in [6.45, 7) is 7.90. The Balaban J connectivity index is 1.79. The van der Waals surface area contributed by atoms with E-state index < -0.39 is 5.25 Å². The minimum absolute atomic E-state index is 0.255. The van der Waals surface area contributed by atoms with E-state index in [2.05, 4.69) is 27.1 Å². The number of halogens is 2. The Hall–Kier alpha value is -2.29. The number of anilines is 1. The van der Waals surface area contributed by atoms with Crippen LogP contribution >= 0.6 is 35.0 Å². The molecule has 10 heteroatoms. The van der Waals surface area contributed by atoms with Crippen molar-refractivity contribution in [2.75, 3.05) is 5.32 Å². The number of furan rings is 1. The number of carbonyl (C=O) groups excluding carboxylic acids is 1. The Morgan fingerprint density at radius 3 is 2.89 bits per heavy atom.